The number of rotatable bonds is 6. The highest BCUT2D eigenvalue weighted by Crippen LogP contribution is 2.20. The zero-order valence-electron chi connectivity index (χ0n) is 12.3. The third-order valence-electron chi connectivity index (χ3n) is 3.19. The fraction of sp³-hybridized carbons (Fsp3) is 0.235. The van der Waals surface area contributed by atoms with Gasteiger partial charge in [0.15, 0.2) is 0 Å². The number of ether oxygens (including phenoxy) is 1. The summed E-state index contributed by atoms with van der Waals surface area (Å²) in [6.45, 7) is 1.88. The Balaban J connectivity index is 1.91. The van der Waals surface area contributed by atoms with Crippen molar-refractivity contribution in [1.82, 2.24) is 4.42 Å². The van der Waals surface area contributed by atoms with Crippen LogP contribution < -0.4 is 4.74 Å². The van der Waals surface area contributed by atoms with Crippen LogP contribution in [0.4, 0.5) is 0 Å². The maximum Gasteiger partial charge on any atom is 0.233 e. The first kappa shape index (κ1) is 16.3. The number of amides is 1. The minimum atomic E-state index is -0.829. The van der Waals surface area contributed by atoms with Crippen molar-refractivity contribution in [3.8, 4) is 5.75 Å². The number of aliphatic hydroxyl groups excluding tert-OH is 1. The van der Waals surface area contributed by atoms with Crippen LogP contribution in [0, 0.1) is 0 Å². The Morgan fingerprint density at radius 1 is 1.18 bits per heavy atom. The summed E-state index contributed by atoms with van der Waals surface area (Å²) in [5.74, 6) is 0.414. The van der Waals surface area contributed by atoms with Gasteiger partial charge in [-0.2, -0.15) is 0 Å². The molecule has 0 radical (unpaired) electrons. The summed E-state index contributed by atoms with van der Waals surface area (Å²) in [7, 11) is 0. The van der Waals surface area contributed by atoms with Gasteiger partial charge in [-0.3, -0.25) is 9.21 Å². The molecule has 4 nitrogen and oxygen atoms in total. The van der Waals surface area contributed by atoms with E-state index in [0.717, 1.165) is 9.98 Å². The summed E-state index contributed by atoms with van der Waals surface area (Å²) in [5.41, 5.74) is 1.77. The molecule has 0 aromatic heterocycles. The summed E-state index contributed by atoms with van der Waals surface area (Å²) < 4.78 is 6.64. The Hall–Kier alpha value is -2.04. The van der Waals surface area contributed by atoms with E-state index in [0.29, 0.717) is 17.9 Å². The van der Waals surface area contributed by atoms with Gasteiger partial charge in [0, 0.05) is 18.7 Å². The molecular formula is C17H18ClNO3. The quantitative estimate of drug-likeness (QED) is 0.831. The van der Waals surface area contributed by atoms with Crippen molar-refractivity contribution >= 4 is 17.7 Å². The molecule has 2 aromatic carbocycles. The number of nitrogens with zero attached hydrogens (tertiary/aromatic N) is 1. The molecule has 1 N–H and O–H groups in total. The van der Waals surface area contributed by atoms with Gasteiger partial charge in [0.25, 0.3) is 0 Å². The van der Waals surface area contributed by atoms with E-state index in [1.165, 1.54) is 6.92 Å². The van der Waals surface area contributed by atoms with Crippen molar-refractivity contribution in [2.45, 2.75) is 19.6 Å². The Bertz CT molecular complexity index is 601. The van der Waals surface area contributed by atoms with E-state index in [9.17, 15) is 9.90 Å². The van der Waals surface area contributed by atoms with Crippen molar-refractivity contribution in [2.75, 3.05) is 6.54 Å². The molecule has 0 aliphatic carbocycles. The maximum absolute atomic E-state index is 11.0. The van der Waals surface area contributed by atoms with Crippen LogP contribution in [0.2, 0.25) is 0 Å². The molecule has 1 unspecified atom stereocenters. The summed E-state index contributed by atoms with van der Waals surface area (Å²) >= 11 is 5.71. The summed E-state index contributed by atoms with van der Waals surface area (Å²) in [5, 5.41) is 10.0. The van der Waals surface area contributed by atoms with Gasteiger partial charge in [0.2, 0.25) is 5.91 Å². The third-order valence-corrected chi connectivity index (χ3v) is 3.56. The van der Waals surface area contributed by atoms with E-state index in [2.05, 4.69) is 0 Å². The van der Waals surface area contributed by atoms with Crippen LogP contribution in [-0.4, -0.2) is 22.0 Å². The Kier molecular flexibility index (Phi) is 5.81. The molecule has 0 saturated heterocycles. The number of carbonyl (C=O) groups excluding carboxylic acids is 1. The normalized spacial score (nSPS) is 11.8. The average Bonchev–Trinajstić information content (AvgIpc) is 2.54. The van der Waals surface area contributed by atoms with Crippen LogP contribution in [-0.2, 0) is 11.4 Å². The van der Waals surface area contributed by atoms with Crippen molar-refractivity contribution in [1.29, 1.82) is 0 Å². The molecule has 0 aliphatic heterocycles. The summed E-state index contributed by atoms with van der Waals surface area (Å²) in [4.78, 5) is 11.0. The van der Waals surface area contributed by atoms with E-state index >= 15 is 0 Å². The lowest BCUT2D eigenvalue weighted by atomic mass is 10.1. The lowest BCUT2D eigenvalue weighted by molar-refractivity contribution is -0.125. The summed E-state index contributed by atoms with van der Waals surface area (Å²) in [6.07, 6.45) is -0.829. The highest BCUT2D eigenvalue weighted by molar-refractivity contribution is 6.20. The Morgan fingerprint density at radius 3 is 2.41 bits per heavy atom. The zero-order valence-corrected chi connectivity index (χ0v) is 13.0. The first-order chi connectivity index (χ1) is 10.6. The molecule has 0 fully saturated rings. The second-order valence-corrected chi connectivity index (χ2v) is 5.33. The minimum absolute atomic E-state index is 0.0428. The van der Waals surface area contributed by atoms with Crippen LogP contribution in [0.15, 0.2) is 54.6 Å². The van der Waals surface area contributed by atoms with E-state index in [4.69, 9.17) is 16.5 Å². The topological polar surface area (TPSA) is 49.8 Å². The van der Waals surface area contributed by atoms with Gasteiger partial charge in [-0.05, 0) is 23.3 Å². The van der Waals surface area contributed by atoms with Gasteiger partial charge in [-0.1, -0.05) is 42.5 Å². The molecule has 0 saturated carbocycles. The molecular weight excluding hydrogens is 302 g/mol. The van der Waals surface area contributed by atoms with Gasteiger partial charge in [-0.15, -0.1) is 0 Å². The standard InChI is InChI=1S/C17H18ClNO3/c1-13(20)19(18)11-17(21)15-7-9-16(10-8-15)22-12-14-5-3-2-4-6-14/h2-10,17,21H,11-12H2,1H3. The van der Waals surface area contributed by atoms with E-state index in [1.807, 2.05) is 30.3 Å². The molecule has 22 heavy (non-hydrogen) atoms. The van der Waals surface area contributed by atoms with Crippen molar-refractivity contribution in [2.24, 2.45) is 0 Å². The molecule has 1 amide bonds. The zero-order chi connectivity index (χ0) is 15.9. The second kappa shape index (κ2) is 7.82. The lowest BCUT2D eigenvalue weighted by Crippen LogP contribution is -2.24. The van der Waals surface area contributed by atoms with Crippen molar-refractivity contribution < 1.29 is 14.6 Å². The van der Waals surface area contributed by atoms with Crippen LogP contribution >= 0.6 is 11.8 Å². The second-order valence-electron chi connectivity index (χ2n) is 4.92. The van der Waals surface area contributed by atoms with E-state index in [1.54, 1.807) is 24.3 Å². The van der Waals surface area contributed by atoms with E-state index in [-0.39, 0.29) is 12.5 Å². The van der Waals surface area contributed by atoms with Crippen molar-refractivity contribution in [3.63, 3.8) is 0 Å². The minimum Gasteiger partial charge on any atom is -0.489 e. The van der Waals surface area contributed by atoms with Gasteiger partial charge < -0.3 is 9.84 Å². The first-order valence-electron chi connectivity index (χ1n) is 6.95. The monoisotopic (exact) mass is 319 g/mol. The van der Waals surface area contributed by atoms with Crippen LogP contribution in [0.1, 0.15) is 24.2 Å². The number of hydrogen-bond acceptors (Lipinski definition) is 3. The number of carbonyl (C=O) groups is 1. The van der Waals surface area contributed by atoms with Crippen LogP contribution in [0.5, 0.6) is 5.75 Å². The molecule has 1 atom stereocenters. The highest BCUT2D eigenvalue weighted by Gasteiger charge is 2.14. The number of benzene rings is 2. The molecule has 0 bridgehead atoms. The van der Waals surface area contributed by atoms with Gasteiger partial charge in [-0.25, -0.2) is 0 Å². The average molecular weight is 320 g/mol. The maximum atomic E-state index is 11.0. The molecule has 5 heteroatoms. The molecule has 116 valence electrons. The fourth-order valence-corrected chi connectivity index (χ4v) is 2.04. The lowest BCUT2D eigenvalue weighted by Gasteiger charge is -2.17. The summed E-state index contributed by atoms with van der Waals surface area (Å²) in [6, 6.07) is 17.0. The van der Waals surface area contributed by atoms with Crippen LogP contribution in [0.3, 0.4) is 0 Å². The third kappa shape index (κ3) is 4.76. The highest BCUT2D eigenvalue weighted by atomic mass is 35.5. The number of halogens is 1. The van der Waals surface area contributed by atoms with Crippen molar-refractivity contribution in [3.05, 3.63) is 65.7 Å². The predicted octanol–water partition coefficient (Wildman–Crippen LogP) is 3.30. The molecule has 0 heterocycles. The Labute approximate surface area is 135 Å². The smallest absolute Gasteiger partial charge is 0.233 e. The number of aliphatic hydroxyl groups is 1. The first-order valence-corrected chi connectivity index (χ1v) is 7.28. The SMILES string of the molecule is CC(=O)N(Cl)CC(O)c1ccc(OCc2ccccc2)cc1. The molecule has 2 aromatic rings. The van der Waals surface area contributed by atoms with E-state index < -0.39 is 6.10 Å². The molecule has 0 spiro atoms. The predicted molar refractivity (Wildman–Crippen MR) is 85.4 cm³/mol. The molecule has 2 rings (SSSR count). The number of hydrogen-bond donors (Lipinski definition) is 1. The van der Waals surface area contributed by atoms with Gasteiger partial charge in [0.1, 0.15) is 12.4 Å². The van der Waals surface area contributed by atoms with Crippen LogP contribution in [0.25, 0.3) is 0 Å². The Morgan fingerprint density at radius 2 is 1.82 bits per heavy atom. The molecule has 0 aliphatic rings. The van der Waals surface area contributed by atoms with Gasteiger partial charge >= 0.3 is 0 Å². The fourth-order valence-electron chi connectivity index (χ4n) is 1.91. The van der Waals surface area contributed by atoms with Gasteiger partial charge in [0.05, 0.1) is 12.6 Å². The largest absolute Gasteiger partial charge is 0.489 e.